The minimum absolute atomic E-state index is 0.0349. The molecule has 5 heteroatoms. The van der Waals surface area contributed by atoms with Gasteiger partial charge in [0.25, 0.3) is 0 Å². The number of carbonyl (C=O) groups excluding carboxylic acids is 1. The van der Waals surface area contributed by atoms with Gasteiger partial charge < -0.3 is 14.8 Å². The molecule has 5 nitrogen and oxygen atoms in total. The highest BCUT2D eigenvalue weighted by Crippen LogP contribution is 2.27. The lowest BCUT2D eigenvalue weighted by Gasteiger charge is -2.18. The average molecular weight is 328 g/mol. The standard InChI is InChI=1S/C19H24N2O3/c1-14-7-5-6-8-16(14)20-19(22)13-21(2)12-15-9-10-17(23-3)18(11-15)24-4/h5-11H,12-13H2,1-4H3,(H,20,22). The Balaban J connectivity index is 1.94. The van der Waals surface area contributed by atoms with Gasteiger partial charge in [-0.2, -0.15) is 0 Å². The first-order valence-electron chi connectivity index (χ1n) is 7.78. The predicted octanol–water partition coefficient (Wildman–Crippen LogP) is 3.08. The van der Waals surface area contributed by atoms with E-state index in [1.54, 1.807) is 14.2 Å². The number of nitrogens with zero attached hydrogens (tertiary/aromatic N) is 1. The molecule has 0 aromatic heterocycles. The van der Waals surface area contributed by atoms with Gasteiger partial charge in [0, 0.05) is 12.2 Å². The lowest BCUT2D eigenvalue weighted by atomic mass is 10.2. The summed E-state index contributed by atoms with van der Waals surface area (Å²) in [4.78, 5) is 14.1. The zero-order chi connectivity index (χ0) is 17.5. The van der Waals surface area contributed by atoms with Crippen molar-refractivity contribution in [2.45, 2.75) is 13.5 Å². The number of ether oxygens (including phenoxy) is 2. The second-order valence-electron chi connectivity index (χ2n) is 5.72. The molecule has 0 spiro atoms. The first kappa shape index (κ1) is 17.8. The molecule has 1 amide bonds. The van der Waals surface area contributed by atoms with E-state index in [-0.39, 0.29) is 5.91 Å². The molecule has 0 radical (unpaired) electrons. The van der Waals surface area contributed by atoms with Crippen LogP contribution in [-0.2, 0) is 11.3 Å². The Hall–Kier alpha value is -2.53. The normalized spacial score (nSPS) is 10.5. The van der Waals surface area contributed by atoms with E-state index < -0.39 is 0 Å². The maximum Gasteiger partial charge on any atom is 0.238 e. The number of hydrogen-bond donors (Lipinski definition) is 1. The molecule has 0 heterocycles. The van der Waals surface area contributed by atoms with E-state index in [2.05, 4.69) is 5.32 Å². The second kappa shape index (κ2) is 8.36. The zero-order valence-electron chi connectivity index (χ0n) is 14.6. The molecule has 0 bridgehead atoms. The van der Waals surface area contributed by atoms with Crippen molar-refractivity contribution >= 4 is 11.6 Å². The van der Waals surface area contributed by atoms with Gasteiger partial charge in [-0.25, -0.2) is 0 Å². The van der Waals surface area contributed by atoms with E-state index in [9.17, 15) is 4.79 Å². The number of aryl methyl sites for hydroxylation is 1. The molecular formula is C19H24N2O3. The smallest absolute Gasteiger partial charge is 0.238 e. The summed E-state index contributed by atoms with van der Waals surface area (Å²) in [5.41, 5.74) is 2.95. The van der Waals surface area contributed by atoms with Crippen molar-refractivity contribution < 1.29 is 14.3 Å². The van der Waals surface area contributed by atoms with Crippen LogP contribution in [-0.4, -0.2) is 38.6 Å². The molecule has 0 unspecified atom stereocenters. The average Bonchev–Trinajstić information content (AvgIpc) is 2.56. The van der Waals surface area contributed by atoms with Crippen LogP contribution >= 0.6 is 0 Å². The summed E-state index contributed by atoms with van der Waals surface area (Å²) in [5, 5.41) is 2.94. The molecule has 0 fully saturated rings. The lowest BCUT2D eigenvalue weighted by Crippen LogP contribution is -2.30. The first-order valence-corrected chi connectivity index (χ1v) is 7.78. The third kappa shape index (κ3) is 4.73. The summed E-state index contributed by atoms with van der Waals surface area (Å²) >= 11 is 0. The van der Waals surface area contributed by atoms with Gasteiger partial charge in [0.2, 0.25) is 5.91 Å². The monoisotopic (exact) mass is 328 g/mol. The van der Waals surface area contributed by atoms with Crippen molar-refractivity contribution in [1.82, 2.24) is 4.90 Å². The van der Waals surface area contributed by atoms with Crippen LogP contribution in [0.3, 0.4) is 0 Å². The second-order valence-corrected chi connectivity index (χ2v) is 5.72. The SMILES string of the molecule is COc1ccc(CN(C)CC(=O)Nc2ccccc2C)cc1OC. The number of carbonyl (C=O) groups is 1. The van der Waals surface area contributed by atoms with E-state index in [0.29, 0.717) is 24.6 Å². The van der Waals surface area contributed by atoms with Gasteiger partial charge in [-0.3, -0.25) is 9.69 Å². The highest BCUT2D eigenvalue weighted by Gasteiger charge is 2.10. The zero-order valence-corrected chi connectivity index (χ0v) is 14.6. The number of likely N-dealkylation sites (N-methyl/N-ethyl adjacent to an activating group) is 1. The molecule has 0 aliphatic heterocycles. The fraction of sp³-hybridized carbons (Fsp3) is 0.316. The van der Waals surface area contributed by atoms with Crippen LogP contribution in [0.5, 0.6) is 11.5 Å². The maximum atomic E-state index is 12.2. The Morgan fingerprint density at radius 3 is 2.46 bits per heavy atom. The number of para-hydroxylation sites is 1. The summed E-state index contributed by atoms with van der Waals surface area (Å²) in [7, 11) is 5.13. The van der Waals surface area contributed by atoms with Crippen LogP contribution in [0.4, 0.5) is 5.69 Å². The summed E-state index contributed by atoms with van der Waals surface area (Å²) < 4.78 is 10.5. The fourth-order valence-corrected chi connectivity index (χ4v) is 2.49. The third-order valence-corrected chi connectivity index (χ3v) is 3.73. The third-order valence-electron chi connectivity index (χ3n) is 3.73. The van der Waals surface area contributed by atoms with Gasteiger partial charge in [0.1, 0.15) is 0 Å². The fourth-order valence-electron chi connectivity index (χ4n) is 2.49. The van der Waals surface area contributed by atoms with Gasteiger partial charge in [-0.05, 0) is 43.3 Å². The summed E-state index contributed by atoms with van der Waals surface area (Å²) in [6.07, 6.45) is 0. The van der Waals surface area contributed by atoms with Crippen molar-refractivity contribution in [2.24, 2.45) is 0 Å². The van der Waals surface area contributed by atoms with E-state index in [1.807, 2.05) is 61.3 Å². The number of rotatable bonds is 7. The summed E-state index contributed by atoms with van der Waals surface area (Å²) in [5.74, 6) is 1.35. The minimum atomic E-state index is -0.0349. The van der Waals surface area contributed by atoms with Gasteiger partial charge in [0.15, 0.2) is 11.5 Å². The molecule has 128 valence electrons. The molecule has 0 atom stereocenters. The van der Waals surface area contributed by atoms with Crippen LogP contribution in [0.1, 0.15) is 11.1 Å². The highest BCUT2D eigenvalue weighted by atomic mass is 16.5. The minimum Gasteiger partial charge on any atom is -0.493 e. The molecule has 2 aromatic carbocycles. The number of anilines is 1. The number of hydrogen-bond acceptors (Lipinski definition) is 4. The summed E-state index contributed by atoms with van der Waals surface area (Å²) in [6.45, 7) is 2.92. The van der Waals surface area contributed by atoms with E-state index in [0.717, 1.165) is 16.8 Å². The highest BCUT2D eigenvalue weighted by molar-refractivity contribution is 5.92. The van der Waals surface area contributed by atoms with Gasteiger partial charge in [0.05, 0.1) is 20.8 Å². The maximum absolute atomic E-state index is 12.2. The Labute approximate surface area is 143 Å². The Morgan fingerprint density at radius 1 is 1.08 bits per heavy atom. The van der Waals surface area contributed by atoms with Crippen molar-refractivity contribution in [3.8, 4) is 11.5 Å². The van der Waals surface area contributed by atoms with Crippen molar-refractivity contribution in [3.05, 3.63) is 53.6 Å². The van der Waals surface area contributed by atoms with Crippen LogP contribution in [0.2, 0.25) is 0 Å². The van der Waals surface area contributed by atoms with Crippen LogP contribution in [0.15, 0.2) is 42.5 Å². The Morgan fingerprint density at radius 2 is 1.79 bits per heavy atom. The molecule has 0 saturated heterocycles. The topological polar surface area (TPSA) is 50.8 Å². The summed E-state index contributed by atoms with van der Waals surface area (Å²) in [6, 6.07) is 13.5. The van der Waals surface area contributed by atoms with E-state index >= 15 is 0 Å². The van der Waals surface area contributed by atoms with Crippen LogP contribution in [0, 0.1) is 6.92 Å². The molecule has 0 saturated carbocycles. The molecule has 2 aromatic rings. The molecular weight excluding hydrogens is 304 g/mol. The predicted molar refractivity (Wildman–Crippen MR) is 95.7 cm³/mol. The quantitative estimate of drug-likeness (QED) is 0.848. The number of nitrogens with one attached hydrogen (secondary N) is 1. The van der Waals surface area contributed by atoms with Crippen LogP contribution in [0.25, 0.3) is 0 Å². The Kier molecular flexibility index (Phi) is 6.21. The molecule has 0 aliphatic rings. The van der Waals surface area contributed by atoms with Crippen molar-refractivity contribution in [1.29, 1.82) is 0 Å². The van der Waals surface area contributed by atoms with Gasteiger partial charge in [-0.1, -0.05) is 24.3 Å². The molecule has 0 aliphatic carbocycles. The number of benzene rings is 2. The van der Waals surface area contributed by atoms with E-state index in [1.165, 1.54) is 0 Å². The van der Waals surface area contributed by atoms with Gasteiger partial charge in [-0.15, -0.1) is 0 Å². The number of methoxy groups -OCH3 is 2. The Bertz CT molecular complexity index is 701. The van der Waals surface area contributed by atoms with E-state index in [4.69, 9.17) is 9.47 Å². The first-order chi connectivity index (χ1) is 11.5. The molecule has 24 heavy (non-hydrogen) atoms. The van der Waals surface area contributed by atoms with Crippen LogP contribution < -0.4 is 14.8 Å². The molecule has 1 N–H and O–H groups in total. The molecule has 2 rings (SSSR count). The van der Waals surface area contributed by atoms with Crippen molar-refractivity contribution in [2.75, 3.05) is 33.1 Å². The number of amides is 1. The van der Waals surface area contributed by atoms with Gasteiger partial charge >= 0.3 is 0 Å². The lowest BCUT2D eigenvalue weighted by molar-refractivity contribution is -0.117. The largest absolute Gasteiger partial charge is 0.493 e. The van der Waals surface area contributed by atoms with Crippen molar-refractivity contribution in [3.63, 3.8) is 0 Å².